The van der Waals surface area contributed by atoms with Crippen LogP contribution >= 0.6 is 0 Å². The van der Waals surface area contributed by atoms with E-state index in [1.165, 1.54) is 0 Å². The van der Waals surface area contributed by atoms with Gasteiger partial charge in [-0.15, -0.1) is 0 Å². The second-order valence-corrected chi connectivity index (χ2v) is 6.17. The van der Waals surface area contributed by atoms with E-state index in [9.17, 15) is 9.59 Å². The van der Waals surface area contributed by atoms with Crippen molar-refractivity contribution >= 4 is 11.9 Å². The minimum Gasteiger partial charge on any atom is -0.492 e. The molecule has 5 heteroatoms. The van der Waals surface area contributed by atoms with Crippen molar-refractivity contribution in [1.82, 2.24) is 5.32 Å². The zero-order chi connectivity index (χ0) is 17.6. The number of ether oxygens (including phenoxy) is 1. The van der Waals surface area contributed by atoms with Crippen molar-refractivity contribution in [2.24, 2.45) is 5.41 Å². The Labute approximate surface area is 141 Å². The summed E-state index contributed by atoms with van der Waals surface area (Å²) in [5.41, 5.74) is 0.587. The number of nitrogens with one attached hydrogen (secondary N) is 1. The molecular formula is C19H21NO4. The van der Waals surface area contributed by atoms with Crippen molar-refractivity contribution in [2.75, 3.05) is 6.61 Å². The third-order valence-electron chi connectivity index (χ3n) is 3.59. The Morgan fingerprint density at radius 1 is 1.04 bits per heavy atom. The zero-order valence-electron chi connectivity index (χ0n) is 13.8. The molecule has 2 aromatic rings. The number of rotatable bonds is 7. The van der Waals surface area contributed by atoms with E-state index in [4.69, 9.17) is 9.84 Å². The lowest BCUT2D eigenvalue weighted by atomic mass is 9.95. The average Bonchev–Trinajstić information content (AvgIpc) is 2.59. The number of carboxylic acid groups (broad SMARTS) is 1. The number of amides is 1. The van der Waals surface area contributed by atoms with Gasteiger partial charge >= 0.3 is 5.97 Å². The van der Waals surface area contributed by atoms with Crippen LogP contribution in [0.25, 0.3) is 0 Å². The summed E-state index contributed by atoms with van der Waals surface area (Å²) < 4.78 is 5.48. The second-order valence-electron chi connectivity index (χ2n) is 6.17. The summed E-state index contributed by atoms with van der Waals surface area (Å²) in [5.74, 6) is -0.556. The SMILES string of the molecule is CC(C)(COc1ccc(C(=O)NCc2ccccc2)cc1)C(=O)O. The van der Waals surface area contributed by atoms with E-state index < -0.39 is 11.4 Å². The smallest absolute Gasteiger partial charge is 0.312 e. The Hall–Kier alpha value is -2.82. The number of hydrogen-bond acceptors (Lipinski definition) is 3. The van der Waals surface area contributed by atoms with E-state index >= 15 is 0 Å². The fourth-order valence-corrected chi connectivity index (χ4v) is 1.91. The summed E-state index contributed by atoms with van der Waals surface area (Å²) in [6.45, 7) is 3.72. The standard InChI is InChI=1S/C19H21NO4/c1-19(2,18(22)23)13-24-16-10-8-15(9-11-16)17(21)20-12-14-6-4-3-5-7-14/h3-11H,12-13H2,1-2H3,(H,20,21)(H,22,23). The maximum absolute atomic E-state index is 12.1. The molecule has 0 bridgehead atoms. The summed E-state index contributed by atoms with van der Waals surface area (Å²) in [6, 6.07) is 16.3. The molecule has 0 heterocycles. The Morgan fingerprint density at radius 3 is 2.25 bits per heavy atom. The van der Waals surface area contributed by atoms with Crippen LogP contribution in [0.5, 0.6) is 5.75 Å². The molecular weight excluding hydrogens is 306 g/mol. The summed E-state index contributed by atoms with van der Waals surface area (Å²) in [6.07, 6.45) is 0. The van der Waals surface area contributed by atoms with Crippen molar-refractivity contribution in [2.45, 2.75) is 20.4 Å². The van der Waals surface area contributed by atoms with Gasteiger partial charge in [0.2, 0.25) is 0 Å². The molecule has 0 spiro atoms. The predicted molar refractivity (Wildman–Crippen MR) is 91.0 cm³/mol. The van der Waals surface area contributed by atoms with E-state index in [1.807, 2.05) is 30.3 Å². The third kappa shape index (κ3) is 4.84. The van der Waals surface area contributed by atoms with Gasteiger partial charge in [0.15, 0.2) is 0 Å². The van der Waals surface area contributed by atoms with Crippen LogP contribution in [0.3, 0.4) is 0 Å². The van der Waals surface area contributed by atoms with E-state index in [1.54, 1.807) is 38.1 Å². The molecule has 24 heavy (non-hydrogen) atoms. The molecule has 2 rings (SSSR count). The highest BCUT2D eigenvalue weighted by Gasteiger charge is 2.28. The fourth-order valence-electron chi connectivity index (χ4n) is 1.91. The minimum atomic E-state index is -0.967. The van der Waals surface area contributed by atoms with Gasteiger partial charge in [0.1, 0.15) is 12.4 Å². The van der Waals surface area contributed by atoms with Gasteiger partial charge in [-0.05, 0) is 43.7 Å². The molecule has 0 aliphatic carbocycles. The zero-order valence-corrected chi connectivity index (χ0v) is 13.8. The second kappa shape index (κ2) is 7.64. The van der Waals surface area contributed by atoms with Crippen LogP contribution in [0.2, 0.25) is 0 Å². The molecule has 0 radical (unpaired) electrons. The van der Waals surface area contributed by atoms with Crippen LogP contribution in [-0.2, 0) is 11.3 Å². The summed E-state index contributed by atoms with van der Waals surface area (Å²) in [4.78, 5) is 23.1. The molecule has 5 nitrogen and oxygen atoms in total. The van der Waals surface area contributed by atoms with Crippen molar-refractivity contribution in [1.29, 1.82) is 0 Å². The summed E-state index contributed by atoms with van der Waals surface area (Å²) in [5, 5.41) is 11.9. The molecule has 0 fully saturated rings. The molecule has 2 aromatic carbocycles. The van der Waals surface area contributed by atoms with Gasteiger partial charge in [0, 0.05) is 12.1 Å². The maximum Gasteiger partial charge on any atom is 0.312 e. The fraction of sp³-hybridized carbons (Fsp3) is 0.263. The molecule has 126 valence electrons. The first-order valence-electron chi connectivity index (χ1n) is 7.67. The normalized spacial score (nSPS) is 10.9. The van der Waals surface area contributed by atoms with Crippen LogP contribution in [0, 0.1) is 5.41 Å². The van der Waals surface area contributed by atoms with Crippen molar-refractivity contribution in [3.63, 3.8) is 0 Å². The monoisotopic (exact) mass is 327 g/mol. The highest BCUT2D eigenvalue weighted by atomic mass is 16.5. The number of benzene rings is 2. The highest BCUT2D eigenvalue weighted by molar-refractivity contribution is 5.94. The van der Waals surface area contributed by atoms with Gasteiger partial charge in [-0.2, -0.15) is 0 Å². The Bertz CT molecular complexity index is 693. The molecule has 0 saturated carbocycles. The number of aliphatic carboxylic acids is 1. The predicted octanol–water partition coefficient (Wildman–Crippen LogP) is 3.11. The molecule has 0 unspecified atom stereocenters. The van der Waals surface area contributed by atoms with E-state index in [0.29, 0.717) is 17.9 Å². The lowest BCUT2D eigenvalue weighted by Crippen LogP contribution is -2.30. The Kier molecular flexibility index (Phi) is 5.58. The number of carbonyl (C=O) groups excluding carboxylic acids is 1. The first-order valence-corrected chi connectivity index (χ1v) is 7.67. The molecule has 0 aliphatic rings. The molecule has 0 aliphatic heterocycles. The van der Waals surface area contributed by atoms with Gasteiger partial charge in [0.05, 0.1) is 5.41 Å². The van der Waals surface area contributed by atoms with Crippen LogP contribution in [0.4, 0.5) is 0 Å². The topological polar surface area (TPSA) is 75.6 Å². The van der Waals surface area contributed by atoms with Gasteiger partial charge in [-0.25, -0.2) is 0 Å². The number of carboxylic acids is 1. The molecule has 0 aromatic heterocycles. The number of carbonyl (C=O) groups is 2. The Morgan fingerprint density at radius 2 is 1.67 bits per heavy atom. The molecule has 2 N–H and O–H groups in total. The van der Waals surface area contributed by atoms with Gasteiger partial charge < -0.3 is 15.2 Å². The van der Waals surface area contributed by atoms with Gasteiger partial charge in [0.25, 0.3) is 5.91 Å². The average molecular weight is 327 g/mol. The molecule has 0 saturated heterocycles. The first-order chi connectivity index (χ1) is 11.4. The molecule has 0 atom stereocenters. The van der Waals surface area contributed by atoms with Crippen LogP contribution < -0.4 is 10.1 Å². The summed E-state index contributed by atoms with van der Waals surface area (Å²) in [7, 11) is 0. The highest BCUT2D eigenvalue weighted by Crippen LogP contribution is 2.19. The first kappa shape index (κ1) is 17.5. The lowest BCUT2D eigenvalue weighted by Gasteiger charge is -2.19. The lowest BCUT2D eigenvalue weighted by molar-refractivity contribution is -0.148. The third-order valence-corrected chi connectivity index (χ3v) is 3.59. The maximum atomic E-state index is 12.1. The van der Waals surface area contributed by atoms with Crippen molar-refractivity contribution in [3.05, 3.63) is 65.7 Å². The van der Waals surface area contributed by atoms with E-state index in [2.05, 4.69) is 5.32 Å². The molecule has 1 amide bonds. The van der Waals surface area contributed by atoms with E-state index in [-0.39, 0.29) is 12.5 Å². The van der Waals surface area contributed by atoms with Gasteiger partial charge in [-0.1, -0.05) is 30.3 Å². The quantitative estimate of drug-likeness (QED) is 0.819. The Balaban J connectivity index is 1.89. The summed E-state index contributed by atoms with van der Waals surface area (Å²) >= 11 is 0. The van der Waals surface area contributed by atoms with Crippen molar-refractivity contribution in [3.8, 4) is 5.75 Å². The van der Waals surface area contributed by atoms with Gasteiger partial charge in [-0.3, -0.25) is 9.59 Å². The van der Waals surface area contributed by atoms with Crippen LogP contribution in [-0.4, -0.2) is 23.6 Å². The minimum absolute atomic E-state index is 0.0574. The number of hydrogen-bond donors (Lipinski definition) is 2. The van der Waals surface area contributed by atoms with Crippen molar-refractivity contribution < 1.29 is 19.4 Å². The van der Waals surface area contributed by atoms with Crippen LogP contribution in [0.1, 0.15) is 29.8 Å². The van der Waals surface area contributed by atoms with E-state index in [0.717, 1.165) is 5.56 Å². The largest absolute Gasteiger partial charge is 0.492 e. The van der Waals surface area contributed by atoms with Crippen LogP contribution in [0.15, 0.2) is 54.6 Å².